The van der Waals surface area contributed by atoms with Crippen molar-refractivity contribution in [2.24, 2.45) is 0 Å². The first-order valence-corrected chi connectivity index (χ1v) is 6.71. The van der Waals surface area contributed by atoms with Gasteiger partial charge in [-0.05, 0) is 42.3 Å². The molecule has 2 aromatic rings. The van der Waals surface area contributed by atoms with Gasteiger partial charge in [0.15, 0.2) is 0 Å². The molecule has 1 aromatic heterocycles. The first kappa shape index (κ1) is 13.7. The van der Waals surface area contributed by atoms with E-state index in [2.05, 4.69) is 21.1 Å². The largest absolute Gasteiger partial charge is 0.465 e. The van der Waals surface area contributed by atoms with Gasteiger partial charge in [-0.3, -0.25) is 4.90 Å². The molecule has 0 fully saturated rings. The zero-order valence-corrected chi connectivity index (χ0v) is 11.8. The minimum atomic E-state index is -0.301. The Morgan fingerprint density at radius 1 is 1.26 bits per heavy atom. The molecular formula is C14H16N2O2S. The van der Waals surface area contributed by atoms with Crippen molar-refractivity contribution >= 4 is 17.5 Å². The van der Waals surface area contributed by atoms with E-state index in [0.717, 1.165) is 13.1 Å². The number of benzene rings is 1. The molecule has 2 rings (SSSR count). The number of esters is 1. The monoisotopic (exact) mass is 276 g/mol. The third kappa shape index (κ3) is 3.87. The van der Waals surface area contributed by atoms with Gasteiger partial charge in [0.25, 0.3) is 0 Å². The van der Waals surface area contributed by atoms with Gasteiger partial charge in [-0.2, -0.15) is 0 Å². The molecule has 0 saturated carbocycles. The summed E-state index contributed by atoms with van der Waals surface area (Å²) in [5, 5.41) is 0. The zero-order valence-electron chi connectivity index (χ0n) is 11.0. The molecule has 0 radical (unpaired) electrons. The summed E-state index contributed by atoms with van der Waals surface area (Å²) in [4.78, 5) is 14.8. The predicted molar refractivity (Wildman–Crippen MR) is 75.1 cm³/mol. The van der Waals surface area contributed by atoms with Crippen LogP contribution >= 0.6 is 11.5 Å². The topological polar surface area (TPSA) is 42.4 Å². The summed E-state index contributed by atoms with van der Waals surface area (Å²) in [6.45, 7) is 1.71. The van der Waals surface area contributed by atoms with Crippen LogP contribution in [-0.2, 0) is 17.8 Å². The number of aromatic nitrogens is 1. The molecule has 0 unspecified atom stereocenters. The van der Waals surface area contributed by atoms with E-state index in [4.69, 9.17) is 0 Å². The number of hydrogen-bond donors (Lipinski definition) is 0. The molecule has 0 aliphatic rings. The lowest BCUT2D eigenvalue weighted by Gasteiger charge is -2.15. The summed E-state index contributed by atoms with van der Waals surface area (Å²) in [6, 6.07) is 9.52. The Kier molecular flexibility index (Phi) is 4.65. The maximum absolute atomic E-state index is 11.3. The fourth-order valence-electron chi connectivity index (χ4n) is 1.82. The molecule has 0 aliphatic heterocycles. The second-order valence-corrected chi connectivity index (χ2v) is 5.26. The molecule has 0 bridgehead atoms. The Morgan fingerprint density at radius 3 is 2.58 bits per heavy atom. The summed E-state index contributed by atoms with van der Waals surface area (Å²) in [7, 11) is 3.45. The third-order valence-corrected chi connectivity index (χ3v) is 3.47. The van der Waals surface area contributed by atoms with E-state index in [-0.39, 0.29) is 5.97 Å². The molecular weight excluding hydrogens is 260 g/mol. The number of carbonyl (C=O) groups excluding carboxylic acids is 1. The van der Waals surface area contributed by atoms with Gasteiger partial charge in [-0.15, -0.1) is 0 Å². The van der Waals surface area contributed by atoms with Crippen LogP contribution in [0.4, 0.5) is 0 Å². The minimum absolute atomic E-state index is 0.301. The van der Waals surface area contributed by atoms with Crippen molar-refractivity contribution < 1.29 is 9.53 Å². The van der Waals surface area contributed by atoms with E-state index in [9.17, 15) is 4.79 Å². The quantitative estimate of drug-likeness (QED) is 0.787. The average Bonchev–Trinajstić information content (AvgIpc) is 2.91. The molecule has 0 aliphatic carbocycles. The van der Waals surface area contributed by atoms with Crippen molar-refractivity contribution in [2.75, 3.05) is 14.2 Å². The summed E-state index contributed by atoms with van der Waals surface area (Å²) in [5.74, 6) is -0.301. The van der Waals surface area contributed by atoms with Crippen molar-refractivity contribution in [2.45, 2.75) is 13.1 Å². The van der Waals surface area contributed by atoms with Gasteiger partial charge in [-0.1, -0.05) is 12.1 Å². The van der Waals surface area contributed by atoms with Crippen LogP contribution < -0.4 is 0 Å². The fourth-order valence-corrected chi connectivity index (χ4v) is 2.48. The first-order chi connectivity index (χ1) is 9.19. The predicted octanol–water partition coefficient (Wildman–Crippen LogP) is 2.56. The number of ether oxygens (including phenoxy) is 1. The van der Waals surface area contributed by atoms with Crippen molar-refractivity contribution in [1.82, 2.24) is 9.27 Å². The highest BCUT2D eigenvalue weighted by Gasteiger charge is 2.06. The smallest absolute Gasteiger partial charge is 0.337 e. The Morgan fingerprint density at radius 2 is 2.00 bits per heavy atom. The Bertz CT molecular complexity index is 523. The highest BCUT2D eigenvalue weighted by atomic mass is 32.1. The van der Waals surface area contributed by atoms with Crippen LogP contribution in [0.25, 0.3) is 0 Å². The first-order valence-electron chi connectivity index (χ1n) is 5.94. The maximum atomic E-state index is 11.3. The summed E-state index contributed by atoms with van der Waals surface area (Å²) >= 11 is 1.52. The van der Waals surface area contributed by atoms with Crippen LogP contribution in [0.1, 0.15) is 20.8 Å². The summed E-state index contributed by atoms with van der Waals surface area (Å²) in [6.07, 6.45) is 1.82. The average molecular weight is 276 g/mol. The lowest BCUT2D eigenvalue weighted by atomic mass is 10.1. The minimum Gasteiger partial charge on any atom is -0.465 e. The van der Waals surface area contributed by atoms with E-state index in [1.54, 1.807) is 12.1 Å². The molecule has 0 saturated heterocycles. The molecule has 0 N–H and O–H groups in total. The number of methoxy groups -OCH3 is 1. The second-order valence-electron chi connectivity index (χ2n) is 4.34. The third-order valence-electron chi connectivity index (χ3n) is 2.74. The molecule has 0 amide bonds. The van der Waals surface area contributed by atoms with E-state index >= 15 is 0 Å². The van der Waals surface area contributed by atoms with Crippen molar-refractivity contribution in [3.8, 4) is 0 Å². The normalized spacial score (nSPS) is 10.7. The zero-order chi connectivity index (χ0) is 13.7. The van der Waals surface area contributed by atoms with Gasteiger partial charge in [0.05, 0.1) is 12.7 Å². The molecule has 0 atom stereocenters. The van der Waals surface area contributed by atoms with Gasteiger partial charge < -0.3 is 4.74 Å². The lowest BCUT2D eigenvalue weighted by molar-refractivity contribution is 0.0600. The van der Waals surface area contributed by atoms with Crippen LogP contribution in [0.2, 0.25) is 0 Å². The van der Waals surface area contributed by atoms with Gasteiger partial charge in [0, 0.05) is 24.2 Å². The molecule has 4 nitrogen and oxygen atoms in total. The van der Waals surface area contributed by atoms with Crippen LogP contribution in [0, 0.1) is 0 Å². The Balaban J connectivity index is 1.93. The summed E-state index contributed by atoms with van der Waals surface area (Å²) in [5.41, 5.74) is 1.75. The summed E-state index contributed by atoms with van der Waals surface area (Å²) < 4.78 is 8.76. The van der Waals surface area contributed by atoms with Gasteiger partial charge in [0.2, 0.25) is 0 Å². The van der Waals surface area contributed by atoms with Gasteiger partial charge in [-0.25, -0.2) is 9.17 Å². The van der Waals surface area contributed by atoms with Gasteiger partial charge >= 0.3 is 5.97 Å². The van der Waals surface area contributed by atoms with E-state index in [1.165, 1.54) is 29.1 Å². The number of nitrogens with zero attached hydrogens (tertiary/aromatic N) is 2. The molecule has 0 spiro atoms. The standard InChI is InChI=1S/C14H16N2O2S/c1-16(10-13-7-8-15-19-13)9-11-3-5-12(6-4-11)14(17)18-2/h3-8H,9-10H2,1-2H3. The van der Waals surface area contributed by atoms with E-state index in [0.29, 0.717) is 5.56 Å². The second kappa shape index (κ2) is 6.45. The number of rotatable bonds is 5. The van der Waals surface area contributed by atoms with Gasteiger partial charge in [0.1, 0.15) is 0 Å². The molecule has 5 heteroatoms. The fraction of sp³-hybridized carbons (Fsp3) is 0.286. The maximum Gasteiger partial charge on any atom is 0.337 e. The highest BCUT2D eigenvalue weighted by molar-refractivity contribution is 7.05. The molecule has 1 aromatic carbocycles. The van der Waals surface area contributed by atoms with Crippen LogP contribution in [0.15, 0.2) is 36.5 Å². The van der Waals surface area contributed by atoms with Crippen LogP contribution in [0.5, 0.6) is 0 Å². The Labute approximate surface area is 116 Å². The number of carbonyl (C=O) groups is 1. The molecule has 100 valence electrons. The molecule has 19 heavy (non-hydrogen) atoms. The molecule has 1 heterocycles. The van der Waals surface area contributed by atoms with Crippen molar-refractivity contribution in [3.63, 3.8) is 0 Å². The Hall–Kier alpha value is -1.72. The van der Waals surface area contributed by atoms with Crippen LogP contribution in [0.3, 0.4) is 0 Å². The SMILES string of the molecule is COC(=O)c1ccc(CN(C)Cc2ccns2)cc1. The lowest BCUT2D eigenvalue weighted by Crippen LogP contribution is -2.16. The van der Waals surface area contributed by atoms with Crippen molar-refractivity contribution in [3.05, 3.63) is 52.5 Å². The number of hydrogen-bond acceptors (Lipinski definition) is 5. The highest BCUT2D eigenvalue weighted by Crippen LogP contribution is 2.12. The van der Waals surface area contributed by atoms with Crippen molar-refractivity contribution in [1.29, 1.82) is 0 Å². The van der Waals surface area contributed by atoms with E-state index < -0.39 is 0 Å². The van der Waals surface area contributed by atoms with Crippen LogP contribution in [-0.4, -0.2) is 29.4 Å². The van der Waals surface area contributed by atoms with E-state index in [1.807, 2.05) is 24.4 Å².